The molecule has 12 heteroatoms. The van der Waals surface area contributed by atoms with E-state index >= 15 is 0 Å². The number of amides is 1. The molecular weight excluding hydrogens is 471 g/mol. The molecule has 0 spiro atoms. The van der Waals surface area contributed by atoms with Crippen LogP contribution in [-0.2, 0) is 14.5 Å². The molecule has 3 rings (SSSR count). The molecule has 0 saturated carbocycles. The minimum absolute atomic E-state index is 0.0138. The lowest BCUT2D eigenvalue weighted by Gasteiger charge is -2.27. The molecule has 3 heterocycles. The van der Waals surface area contributed by atoms with Crippen LogP contribution in [0.4, 0.5) is 24.7 Å². The molecule has 1 aliphatic rings. The van der Waals surface area contributed by atoms with E-state index in [0.29, 0.717) is 16.9 Å². The first-order valence-corrected chi connectivity index (χ1v) is 12.6. The van der Waals surface area contributed by atoms with Crippen LogP contribution >= 0.6 is 0 Å². The lowest BCUT2D eigenvalue weighted by molar-refractivity contribution is -0.228. The van der Waals surface area contributed by atoms with Crippen LogP contribution in [0, 0.1) is 25.6 Å². The maximum Gasteiger partial charge on any atom is 0.414 e. The molecule has 1 aliphatic heterocycles. The number of pyridine rings is 2. The fourth-order valence-corrected chi connectivity index (χ4v) is 4.43. The average molecular weight is 500 g/mol. The zero-order chi connectivity index (χ0) is 25.4. The van der Waals surface area contributed by atoms with Crippen molar-refractivity contribution >= 4 is 27.1 Å². The minimum atomic E-state index is -4.48. The Bertz CT molecular complexity index is 1200. The predicted octanol–water partition coefficient (Wildman–Crippen LogP) is 4.24. The number of halogens is 3. The third-order valence-electron chi connectivity index (χ3n) is 5.80. The second-order valence-electron chi connectivity index (χ2n) is 8.54. The van der Waals surface area contributed by atoms with Gasteiger partial charge in [0.1, 0.15) is 10.8 Å². The average Bonchev–Trinajstić information content (AvgIpc) is 2.92. The Morgan fingerprint density at radius 3 is 2.59 bits per heavy atom. The van der Waals surface area contributed by atoms with Gasteiger partial charge in [0, 0.05) is 43.3 Å². The number of rotatable bonds is 4. The van der Waals surface area contributed by atoms with E-state index in [2.05, 4.69) is 15.3 Å². The number of anilines is 2. The van der Waals surface area contributed by atoms with Crippen molar-refractivity contribution in [2.24, 2.45) is 0 Å². The van der Waals surface area contributed by atoms with Crippen molar-refractivity contribution in [1.29, 1.82) is 4.78 Å². The van der Waals surface area contributed by atoms with Crippen LogP contribution in [0.2, 0.25) is 0 Å². The third-order valence-corrected chi connectivity index (χ3v) is 6.82. The minimum Gasteiger partial charge on any atom is -0.364 e. The third kappa shape index (κ3) is 5.66. The zero-order valence-corrected chi connectivity index (χ0v) is 20.4. The summed E-state index contributed by atoms with van der Waals surface area (Å²) in [5.74, 6) is -0.233. The van der Waals surface area contributed by atoms with Gasteiger partial charge >= 0.3 is 6.18 Å². The van der Waals surface area contributed by atoms with Crippen molar-refractivity contribution < 1.29 is 26.9 Å². The van der Waals surface area contributed by atoms with Gasteiger partial charge in [0.25, 0.3) is 5.91 Å². The van der Waals surface area contributed by atoms with Crippen molar-refractivity contribution in [3.05, 3.63) is 40.7 Å². The van der Waals surface area contributed by atoms with E-state index in [1.807, 2.05) is 6.92 Å². The molecule has 1 fully saturated rings. The number of nitrogens with one attached hydrogen (secondary N) is 2. The SMILES string of the molecule is Cc1nc(N2CCC(C(F)(F)F)O[C@H](C)C2)c(C(=O)Nc2ccnc(S(C)(=N)=O)c2)c(C)c1C. The molecule has 2 unspecified atom stereocenters. The Kier molecular flexibility index (Phi) is 7.23. The topological polar surface area (TPSA) is 108 Å². The Morgan fingerprint density at radius 2 is 1.97 bits per heavy atom. The molecule has 0 aromatic carbocycles. The van der Waals surface area contributed by atoms with Gasteiger partial charge in [-0.25, -0.2) is 19.0 Å². The Morgan fingerprint density at radius 1 is 1.29 bits per heavy atom. The first-order valence-electron chi connectivity index (χ1n) is 10.6. The molecule has 1 amide bonds. The quantitative estimate of drug-likeness (QED) is 0.652. The maximum atomic E-state index is 13.4. The predicted molar refractivity (Wildman–Crippen MR) is 123 cm³/mol. The van der Waals surface area contributed by atoms with Gasteiger partial charge in [-0.15, -0.1) is 0 Å². The summed E-state index contributed by atoms with van der Waals surface area (Å²) in [4.78, 5) is 23.6. The molecule has 8 nitrogen and oxygen atoms in total. The van der Waals surface area contributed by atoms with E-state index in [-0.39, 0.29) is 35.9 Å². The van der Waals surface area contributed by atoms with Gasteiger partial charge in [0.05, 0.1) is 21.4 Å². The largest absolute Gasteiger partial charge is 0.414 e. The lowest BCUT2D eigenvalue weighted by atomic mass is 10.0. The Labute approximate surface area is 196 Å². The van der Waals surface area contributed by atoms with Gasteiger partial charge < -0.3 is 15.0 Å². The molecule has 0 aliphatic carbocycles. The zero-order valence-electron chi connectivity index (χ0n) is 19.6. The molecule has 2 aromatic heterocycles. The van der Waals surface area contributed by atoms with Crippen LogP contribution in [0.5, 0.6) is 0 Å². The highest BCUT2D eigenvalue weighted by Gasteiger charge is 2.43. The van der Waals surface area contributed by atoms with Gasteiger partial charge in [-0.1, -0.05) is 0 Å². The van der Waals surface area contributed by atoms with Gasteiger partial charge in [0.2, 0.25) is 0 Å². The highest BCUT2D eigenvalue weighted by Crippen LogP contribution is 2.32. The van der Waals surface area contributed by atoms with E-state index in [0.717, 1.165) is 5.56 Å². The van der Waals surface area contributed by atoms with Crippen molar-refractivity contribution in [2.45, 2.75) is 57.5 Å². The monoisotopic (exact) mass is 499 g/mol. The summed E-state index contributed by atoms with van der Waals surface area (Å²) in [7, 11) is -3.09. The van der Waals surface area contributed by atoms with E-state index in [4.69, 9.17) is 9.52 Å². The summed E-state index contributed by atoms with van der Waals surface area (Å²) in [6.07, 6.45) is -4.81. The molecule has 2 aromatic rings. The number of aryl methyl sites for hydroxylation is 1. The molecule has 3 atom stereocenters. The summed E-state index contributed by atoms with van der Waals surface area (Å²) in [5, 5.41) is 2.76. The molecule has 186 valence electrons. The standard InChI is InChI=1S/C22H28F3N5O3S/c1-12-11-30(9-7-17(33-12)22(23,24)25)20-19(14(3)13(2)15(4)28-20)21(31)29-16-6-8-27-18(10-16)34(5,26)32/h6,8,10,12,17,26H,7,9,11H2,1-5H3,(H,27,29,31)/t12-,17?,34?/m1/s1. The number of carbonyl (C=O) groups is 1. The maximum absolute atomic E-state index is 13.4. The first kappa shape index (κ1) is 25.9. The molecule has 0 radical (unpaired) electrons. The van der Waals surface area contributed by atoms with Crippen molar-refractivity contribution in [2.75, 3.05) is 29.6 Å². The number of hydrogen-bond acceptors (Lipinski definition) is 7. The van der Waals surface area contributed by atoms with Gasteiger partial charge in [-0.2, -0.15) is 13.2 Å². The van der Waals surface area contributed by atoms with Crippen molar-refractivity contribution in [3.63, 3.8) is 0 Å². The summed E-state index contributed by atoms with van der Waals surface area (Å²) >= 11 is 0. The first-order chi connectivity index (χ1) is 15.7. The number of carbonyl (C=O) groups excluding carboxylic acids is 1. The van der Waals surface area contributed by atoms with Crippen molar-refractivity contribution in [1.82, 2.24) is 9.97 Å². The Balaban J connectivity index is 2.00. The van der Waals surface area contributed by atoms with Crippen molar-refractivity contribution in [3.8, 4) is 0 Å². The van der Waals surface area contributed by atoms with Gasteiger partial charge in [-0.3, -0.25) is 4.79 Å². The smallest absolute Gasteiger partial charge is 0.364 e. The Hall–Kier alpha value is -2.73. The van der Waals surface area contributed by atoms with E-state index in [1.54, 1.807) is 25.7 Å². The molecule has 2 N–H and O–H groups in total. The summed E-state index contributed by atoms with van der Waals surface area (Å²) < 4.78 is 64.9. The molecule has 34 heavy (non-hydrogen) atoms. The van der Waals surface area contributed by atoms with Gasteiger partial charge in [0.15, 0.2) is 6.10 Å². The van der Waals surface area contributed by atoms with Crippen LogP contribution < -0.4 is 10.2 Å². The van der Waals surface area contributed by atoms with Crippen LogP contribution in [0.3, 0.4) is 0 Å². The number of hydrogen-bond donors (Lipinski definition) is 2. The second kappa shape index (κ2) is 9.49. The van der Waals surface area contributed by atoms with Crippen LogP contribution in [-0.4, -0.2) is 57.8 Å². The number of ether oxygens (including phenoxy) is 1. The highest BCUT2D eigenvalue weighted by molar-refractivity contribution is 7.91. The molecule has 0 bridgehead atoms. The number of nitrogens with zero attached hydrogens (tertiary/aromatic N) is 3. The fourth-order valence-electron chi connectivity index (χ4n) is 3.82. The van der Waals surface area contributed by atoms with E-state index in [1.165, 1.54) is 24.6 Å². The summed E-state index contributed by atoms with van der Waals surface area (Å²) in [5.41, 5.74) is 2.64. The van der Waals surface area contributed by atoms with E-state index in [9.17, 15) is 22.2 Å². The highest BCUT2D eigenvalue weighted by atomic mass is 32.2. The second-order valence-corrected chi connectivity index (χ2v) is 10.6. The summed E-state index contributed by atoms with van der Waals surface area (Å²) in [6.45, 7) is 7.08. The molecular formula is C22H28F3N5O3S. The summed E-state index contributed by atoms with van der Waals surface area (Å²) in [6, 6.07) is 2.87. The van der Waals surface area contributed by atoms with Crippen LogP contribution in [0.1, 0.15) is 40.5 Å². The van der Waals surface area contributed by atoms with Crippen LogP contribution in [0.15, 0.2) is 23.4 Å². The number of aromatic nitrogens is 2. The fraction of sp³-hybridized carbons (Fsp3) is 0.500. The lowest BCUT2D eigenvalue weighted by Crippen LogP contribution is -2.34. The van der Waals surface area contributed by atoms with E-state index < -0.39 is 34.0 Å². The van der Waals surface area contributed by atoms with Crippen LogP contribution in [0.25, 0.3) is 0 Å². The number of alkyl halides is 3. The van der Waals surface area contributed by atoms with Gasteiger partial charge in [-0.05, 0) is 51.0 Å². The molecule has 1 saturated heterocycles. The normalized spacial score (nSPS) is 21.0.